The van der Waals surface area contributed by atoms with Crippen LogP contribution in [0.15, 0.2) is 36.4 Å². The molecule has 204 valence electrons. The summed E-state index contributed by atoms with van der Waals surface area (Å²) in [7, 11) is -3.00. The van der Waals surface area contributed by atoms with Crippen LogP contribution < -0.4 is 10.2 Å². The molecule has 0 radical (unpaired) electrons. The van der Waals surface area contributed by atoms with E-state index in [-0.39, 0.29) is 46.2 Å². The first kappa shape index (κ1) is 26.9. The van der Waals surface area contributed by atoms with Crippen LogP contribution in [0.5, 0.6) is 0 Å². The van der Waals surface area contributed by atoms with Crippen LogP contribution >= 0.6 is 0 Å². The van der Waals surface area contributed by atoms with E-state index in [2.05, 4.69) is 30.1 Å². The molecule has 2 atom stereocenters. The fourth-order valence-corrected chi connectivity index (χ4v) is 8.10. The third-order valence-electron chi connectivity index (χ3n) is 8.20. The minimum atomic E-state index is -3.00. The van der Waals surface area contributed by atoms with E-state index in [4.69, 9.17) is 9.97 Å². The highest BCUT2D eigenvalue weighted by Crippen LogP contribution is 2.51. The second-order valence-electron chi connectivity index (χ2n) is 11.3. The van der Waals surface area contributed by atoms with Crippen molar-refractivity contribution in [3.05, 3.63) is 58.8 Å². The van der Waals surface area contributed by atoms with Crippen LogP contribution in [0.2, 0.25) is 0 Å². The first-order valence-electron chi connectivity index (χ1n) is 13.2. The Morgan fingerprint density at radius 2 is 1.87 bits per heavy atom. The molecule has 2 saturated heterocycles. The van der Waals surface area contributed by atoms with Gasteiger partial charge in [-0.05, 0) is 56.4 Å². The summed E-state index contributed by atoms with van der Waals surface area (Å²) in [5, 5.41) is 23.0. The fourth-order valence-electron chi connectivity index (χ4n) is 6.46. The van der Waals surface area contributed by atoms with Gasteiger partial charge in [-0.1, -0.05) is 32.0 Å². The number of aryl methyl sites for hydroxylation is 1. The van der Waals surface area contributed by atoms with Crippen LogP contribution in [0.3, 0.4) is 0 Å². The molecule has 2 aliphatic heterocycles. The molecule has 5 rings (SSSR count). The number of nitrogens with one attached hydrogen (secondary N) is 1. The molecule has 1 spiro atoms. The Morgan fingerprint density at radius 1 is 1.18 bits per heavy atom. The number of sulfone groups is 1. The van der Waals surface area contributed by atoms with Gasteiger partial charge in [0.05, 0.1) is 34.1 Å². The van der Waals surface area contributed by atoms with Crippen LogP contribution in [0, 0.1) is 29.6 Å². The number of aromatic nitrogens is 2. The normalized spacial score (nSPS) is 20.4. The lowest BCUT2D eigenvalue weighted by atomic mass is 9.63. The van der Waals surface area contributed by atoms with Crippen LogP contribution in [0.1, 0.15) is 66.8 Å². The molecule has 0 aliphatic carbocycles. The molecule has 2 fully saturated rings. The monoisotopic (exact) mass is 547 g/mol. The highest BCUT2D eigenvalue weighted by molar-refractivity contribution is 7.91. The zero-order chi connectivity index (χ0) is 28.1. The molecule has 3 aromatic rings. The summed E-state index contributed by atoms with van der Waals surface area (Å²) in [4.78, 5) is 23.6. The Balaban J connectivity index is 1.56. The predicted octanol–water partition coefficient (Wildman–Crippen LogP) is 4.72. The standard InChI is InChI=1S/C29H33N5O4S/c1-17(2)26-29(9-11-39(37,38)12-10-29)16-34(26)27-24(15-30)32-23-14-18(3)13-21(25(23)33-27)19(4)31-22-8-6-5-7-20(22)28(35)36/h5-8,13-14,17,19,26,31H,9-12,16H2,1-4H3,(H,35,36)/t19-,26?/m1/s1. The minimum absolute atomic E-state index is 0.0544. The molecule has 2 aliphatic rings. The van der Waals surface area contributed by atoms with Crippen molar-refractivity contribution in [1.82, 2.24) is 9.97 Å². The smallest absolute Gasteiger partial charge is 0.337 e. The van der Waals surface area contributed by atoms with Crippen molar-refractivity contribution in [2.75, 3.05) is 28.3 Å². The number of carboxylic acids is 1. The average Bonchev–Trinajstić information content (AvgIpc) is 2.86. The van der Waals surface area contributed by atoms with Crippen molar-refractivity contribution in [1.29, 1.82) is 5.26 Å². The number of carbonyl (C=O) groups is 1. The number of carboxylic acid groups (broad SMARTS) is 1. The van der Waals surface area contributed by atoms with Crippen LogP contribution in [0.4, 0.5) is 11.5 Å². The van der Waals surface area contributed by atoms with Crippen LogP contribution in [0.25, 0.3) is 11.0 Å². The third kappa shape index (κ3) is 4.80. The molecule has 1 unspecified atom stereocenters. The number of fused-ring (bicyclic) bond motifs is 1. The zero-order valence-corrected chi connectivity index (χ0v) is 23.4. The van der Waals surface area contributed by atoms with Crippen molar-refractivity contribution in [2.45, 2.75) is 52.6 Å². The van der Waals surface area contributed by atoms with Crippen molar-refractivity contribution < 1.29 is 18.3 Å². The lowest BCUT2D eigenvalue weighted by Gasteiger charge is -2.61. The number of nitrogens with zero attached hydrogens (tertiary/aromatic N) is 4. The lowest BCUT2D eigenvalue weighted by Crippen LogP contribution is -2.69. The van der Waals surface area contributed by atoms with Gasteiger partial charge in [-0.15, -0.1) is 0 Å². The van der Waals surface area contributed by atoms with Crippen LogP contribution in [-0.2, 0) is 9.84 Å². The summed E-state index contributed by atoms with van der Waals surface area (Å²) in [6.45, 7) is 8.80. The van der Waals surface area contributed by atoms with Crippen molar-refractivity contribution in [3.8, 4) is 6.07 Å². The van der Waals surface area contributed by atoms with E-state index < -0.39 is 15.8 Å². The quantitative estimate of drug-likeness (QED) is 0.449. The molecule has 39 heavy (non-hydrogen) atoms. The summed E-state index contributed by atoms with van der Waals surface area (Å²) in [5.74, 6) is 0.133. The van der Waals surface area contributed by atoms with Crippen molar-refractivity contribution >= 4 is 38.3 Å². The van der Waals surface area contributed by atoms with E-state index in [0.717, 1.165) is 11.1 Å². The van der Waals surface area contributed by atoms with Gasteiger partial charge in [-0.2, -0.15) is 5.26 Å². The Kier molecular flexibility index (Phi) is 6.75. The van der Waals surface area contributed by atoms with Gasteiger partial charge in [0.2, 0.25) is 0 Å². The summed E-state index contributed by atoms with van der Waals surface area (Å²) in [6, 6.07) is 12.7. The lowest BCUT2D eigenvalue weighted by molar-refractivity contribution is 0.0698. The Bertz CT molecular complexity index is 1600. The maximum Gasteiger partial charge on any atom is 0.337 e. The SMILES string of the molecule is Cc1cc([C@@H](C)Nc2ccccc2C(=O)O)c2nc(N3CC4(CCS(=O)(=O)CC4)C3C(C)C)c(C#N)nc2c1. The van der Waals surface area contributed by atoms with Crippen molar-refractivity contribution in [2.24, 2.45) is 11.3 Å². The van der Waals surface area contributed by atoms with Gasteiger partial charge >= 0.3 is 5.97 Å². The van der Waals surface area contributed by atoms with Gasteiger partial charge in [0, 0.05) is 29.3 Å². The number of nitriles is 1. The van der Waals surface area contributed by atoms with E-state index in [0.29, 0.717) is 41.9 Å². The largest absolute Gasteiger partial charge is 0.478 e. The summed E-state index contributed by atoms with van der Waals surface area (Å²) in [6.07, 6.45) is 1.23. The highest BCUT2D eigenvalue weighted by atomic mass is 32.2. The highest BCUT2D eigenvalue weighted by Gasteiger charge is 2.56. The van der Waals surface area contributed by atoms with Crippen LogP contribution in [-0.4, -0.2) is 53.6 Å². The number of hydrogen-bond donors (Lipinski definition) is 2. The zero-order valence-electron chi connectivity index (χ0n) is 22.6. The van der Waals surface area contributed by atoms with E-state index in [1.807, 2.05) is 26.0 Å². The second kappa shape index (κ2) is 9.79. The Morgan fingerprint density at radius 3 is 2.51 bits per heavy atom. The Hall–Kier alpha value is -3.71. The number of rotatable bonds is 6. The molecule has 3 heterocycles. The molecular formula is C29H33N5O4S. The van der Waals surface area contributed by atoms with Gasteiger partial charge in [-0.3, -0.25) is 0 Å². The number of para-hydroxylation sites is 1. The molecular weight excluding hydrogens is 514 g/mol. The van der Waals surface area contributed by atoms with E-state index >= 15 is 0 Å². The summed E-state index contributed by atoms with van der Waals surface area (Å²) < 4.78 is 24.3. The maximum absolute atomic E-state index is 12.2. The van der Waals surface area contributed by atoms with Crippen molar-refractivity contribution in [3.63, 3.8) is 0 Å². The molecule has 2 N–H and O–H groups in total. The van der Waals surface area contributed by atoms with Gasteiger partial charge < -0.3 is 15.3 Å². The number of benzene rings is 2. The Labute approximate surface area is 228 Å². The van der Waals surface area contributed by atoms with E-state index in [1.54, 1.807) is 24.3 Å². The first-order valence-corrected chi connectivity index (χ1v) is 15.0. The molecule has 0 amide bonds. The van der Waals surface area contributed by atoms with Gasteiger partial charge in [0.25, 0.3) is 0 Å². The molecule has 9 nitrogen and oxygen atoms in total. The molecule has 0 saturated carbocycles. The van der Waals surface area contributed by atoms with Gasteiger partial charge in [0.1, 0.15) is 15.9 Å². The van der Waals surface area contributed by atoms with Gasteiger partial charge in [0.15, 0.2) is 11.5 Å². The number of aromatic carboxylic acids is 1. The average molecular weight is 548 g/mol. The predicted molar refractivity (Wildman–Crippen MR) is 151 cm³/mol. The van der Waals surface area contributed by atoms with E-state index in [9.17, 15) is 23.6 Å². The molecule has 0 bridgehead atoms. The fraction of sp³-hybridized carbons (Fsp3) is 0.448. The second-order valence-corrected chi connectivity index (χ2v) is 13.6. The molecule has 1 aromatic heterocycles. The van der Waals surface area contributed by atoms with E-state index in [1.165, 1.54) is 0 Å². The first-order chi connectivity index (χ1) is 18.4. The number of anilines is 2. The maximum atomic E-state index is 12.2. The minimum Gasteiger partial charge on any atom is -0.478 e. The summed E-state index contributed by atoms with van der Waals surface area (Å²) in [5.41, 5.74) is 3.88. The van der Waals surface area contributed by atoms with Gasteiger partial charge in [-0.25, -0.2) is 23.2 Å². The molecule has 2 aromatic carbocycles. The molecule has 10 heteroatoms. The summed E-state index contributed by atoms with van der Waals surface area (Å²) >= 11 is 0. The third-order valence-corrected chi connectivity index (χ3v) is 9.85. The number of hydrogen-bond acceptors (Lipinski definition) is 8. The topological polar surface area (TPSA) is 136 Å².